The summed E-state index contributed by atoms with van der Waals surface area (Å²) in [5, 5.41) is 0. The lowest BCUT2D eigenvalue weighted by Crippen LogP contribution is -2.03. The summed E-state index contributed by atoms with van der Waals surface area (Å²) in [6, 6.07) is 0. The van der Waals surface area contributed by atoms with Crippen LogP contribution in [0.4, 0.5) is 0 Å². The zero-order valence-corrected chi connectivity index (χ0v) is 14.8. The van der Waals surface area contributed by atoms with E-state index in [1.165, 1.54) is 57.8 Å². The summed E-state index contributed by atoms with van der Waals surface area (Å²) < 4.78 is 15.2. The molecule has 116 valence electrons. The number of hydrogen-bond acceptors (Lipinski definition) is 3. The topological polar surface area (TPSA) is 27.7 Å². The van der Waals surface area contributed by atoms with E-state index >= 15 is 0 Å². The Balaban J connectivity index is 0. The molecule has 0 amide bonds. The van der Waals surface area contributed by atoms with Gasteiger partial charge in [0.1, 0.15) is 0 Å². The van der Waals surface area contributed by atoms with Gasteiger partial charge in [0.25, 0.3) is 0 Å². The van der Waals surface area contributed by atoms with Crippen LogP contribution in [-0.2, 0) is 14.2 Å². The highest BCUT2D eigenvalue weighted by Crippen LogP contribution is 2.03. The molecule has 3 heterocycles. The van der Waals surface area contributed by atoms with Crippen molar-refractivity contribution in [3.05, 3.63) is 0 Å². The molecule has 3 aliphatic heterocycles. The van der Waals surface area contributed by atoms with Gasteiger partial charge in [-0.15, -0.1) is 0 Å². The second-order valence-electron chi connectivity index (χ2n) is 5.02. The van der Waals surface area contributed by atoms with Crippen molar-refractivity contribution in [1.82, 2.24) is 0 Å². The molecule has 5 heteroatoms. The third-order valence-electron chi connectivity index (χ3n) is 3.23. The van der Waals surface area contributed by atoms with Gasteiger partial charge in [0, 0.05) is 61.6 Å². The average Bonchev–Trinajstić information content (AvgIpc) is 2.54. The largest absolute Gasteiger partial charge is 0.381 e. The van der Waals surface area contributed by atoms with Crippen molar-refractivity contribution in [2.75, 3.05) is 39.6 Å². The Morgan fingerprint density at radius 2 is 0.500 bits per heavy atom. The molecular weight excluding hydrogens is 284 g/mol. The van der Waals surface area contributed by atoms with Crippen LogP contribution in [0.15, 0.2) is 0 Å². The van der Waals surface area contributed by atoms with Crippen molar-refractivity contribution in [3.8, 4) is 0 Å². The molecule has 3 rings (SSSR count). The van der Waals surface area contributed by atoms with E-state index in [1.54, 1.807) is 0 Å². The molecule has 0 aromatic rings. The molecule has 3 aliphatic rings. The fourth-order valence-corrected chi connectivity index (χ4v) is 2.06. The summed E-state index contributed by atoms with van der Waals surface area (Å²) in [7, 11) is 0. The SMILES string of the molecule is C1CCOCC1.C1CCOCC1.C1CCOCC1.[Si].[Si]. The fourth-order valence-electron chi connectivity index (χ4n) is 2.06. The van der Waals surface area contributed by atoms with Crippen molar-refractivity contribution in [1.29, 1.82) is 0 Å². The van der Waals surface area contributed by atoms with Crippen LogP contribution in [0.3, 0.4) is 0 Å². The minimum Gasteiger partial charge on any atom is -0.381 e. The van der Waals surface area contributed by atoms with Gasteiger partial charge in [0.05, 0.1) is 0 Å². The molecule has 0 aliphatic carbocycles. The lowest BCUT2D eigenvalue weighted by Gasteiger charge is -2.08. The Bertz CT molecular complexity index is 96.1. The standard InChI is InChI=1S/3C5H10O.2Si/c3*1-2-4-6-5-3-1;;/h3*1-5H2;;. The van der Waals surface area contributed by atoms with Crippen molar-refractivity contribution >= 4 is 21.9 Å². The maximum absolute atomic E-state index is 5.07. The van der Waals surface area contributed by atoms with Gasteiger partial charge in [-0.2, -0.15) is 0 Å². The Hall–Kier alpha value is 0.314. The maximum Gasteiger partial charge on any atom is 0.0466 e. The van der Waals surface area contributed by atoms with E-state index in [2.05, 4.69) is 0 Å². The summed E-state index contributed by atoms with van der Waals surface area (Å²) in [6.45, 7) is 6.00. The molecule has 0 atom stereocenters. The highest BCUT2D eigenvalue weighted by atomic mass is 28.1. The summed E-state index contributed by atoms with van der Waals surface area (Å²) >= 11 is 0. The predicted molar refractivity (Wildman–Crippen MR) is 85.5 cm³/mol. The highest BCUT2D eigenvalue weighted by molar-refractivity contribution is 5.76. The van der Waals surface area contributed by atoms with Gasteiger partial charge in [-0.25, -0.2) is 0 Å². The van der Waals surface area contributed by atoms with Gasteiger partial charge in [-0.1, -0.05) is 0 Å². The fraction of sp³-hybridized carbons (Fsp3) is 1.00. The zero-order valence-electron chi connectivity index (χ0n) is 12.8. The second-order valence-corrected chi connectivity index (χ2v) is 5.02. The first-order valence-electron chi connectivity index (χ1n) is 7.73. The first-order chi connectivity index (χ1) is 9.00. The van der Waals surface area contributed by atoms with Gasteiger partial charge in [0.15, 0.2) is 0 Å². The van der Waals surface area contributed by atoms with Crippen LogP contribution in [0.2, 0.25) is 0 Å². The molecule has 3 nitrogen and oxygen atoms in total. The van der Waals surface area contributed by atoms with E-state index in [9.17, 15) is 0 Å². The molecule has 3 saturated heterocycles. The van der Waals surface area contributed by atoms with Crippen LogP contribution in [0.1, 0.15) is 57.8 Å². The van der Waals surface area contributed by atoms with Crippen molar-refractivity contribution < 1.29 is 14.2 Å². The summed E-state index contributed by atoms with van der Waals surface area (Å²) in [4.78, 5) is 0. The van der Waals surface area contributed by atoms with Crippen molar-refractivity contribution in [3.63, 3.8) is 0 Å². The Morgan fingerprint density at radius 3 is 0.550 bits per heavy atom. The molecular formula is C15H30O3Si2. The molecule has 3 fully saturated rings. The third kappa shape index (κ3) is 16.4. The smallest absolute Gasteiger partial charge is 0.0466 e. The summed E-state index contributed by atoms with van der Waals surface area (Å²) in [5.74, 6) is 0. The summed E-state index contributed by atoms with van der Waals surface area (Å²) in [6.07, 6.45) is 11.8. The van der Waals surface area contributed by atoms with Gasteiger partial charge in [-0.3, -0.25) is 0 Å². The minimum atomic E-state index is 0. The molecule has 0 bridgehead atoms. The van der Waals surface area contributed by atoms with E-state index in [0.29, 0.717) is 0 Å². The molecule has 0 unspecified atom stereocenters. The predicted octanol–water partition coefficient (Wildman–Crippen LogP) is 2.80. The quantitative estimate of drug-likeness (QED) is 0.644. The first-order valence-corrected chi connectivity index (χ1v) is 7.73. The van der Waals surface area contributed by atoms with Gasteiger partial charge < -0.3 is 14.2 Å². The molecule has 0 aromatic heterocycles. The summed E-state index contributed by atoms with van der Waals surface area (Å²) in [5.41, 5.74) is 0. The zero-order chi connectivity index (χ0) is 12.7. The molecule has 8 radical (unpaired) electrons. The minimum absolute atomic E-state index is 0. The Labute approximate surface area is 134 Å². The van der Waals surface area contributed by atoms with E-state index < -0.39 is 0 Å². The molecule has 0 spiro atoms. The van der Waals surface area contributed by atoms with Crippen LogP contribution in [0.25, 0.3) is 0 Å². The van der Waals surface area contributed by atoms with Gasteiger partial charge in [0.2, 0.25) is 0 Å². The monoisotopic (exact) mass is 314 g/mol. The maximum atomic E-state index is 5.07. The molecule has 0 saturated carbocycles. The van der Waals surface area contributed by atoms with Crippen LogP contribution >= 0.6 is 0 Å². The van der Waals surface area contributed by atoms with E-state index in [0.717, 1.165) is 39.6 Å². The van der Waals surface area contributed by atoms with E-state index in [4.69, 9.17) is 14.2 Å². The van der Waals surface area contributed by atoms with Crippen molar-refractivity contribution in [2.24, 2.45) is 0 Å². The number of rotatable bonds is 0. The van der Waals surface area contributed by atoms with Crippen molar-refractivity contribution in [2.45, 2.75) is 57.8 Å². The Kier molecular flexibility index (Phi) is 21.8. The molecule has 0 aromatic carbocycles. The number of hydrogen-bond donors (Lipinski definition) is 0. The molecule has 20 heavy (non-hydrogen) atoms. The van der Waals surface area contributed by atoms with E-state index in [1.807, 2.05) is 0 Å². The normalized spacial score (nSPS) is 21.6. The first kappa shape index (κ1) is 22.6. The lowest BCUT2D eigenvalue weighted by molar-refractivity contribution is 0.0967. The van der Waals surface area contributed by atoms with E-state index in [-0.39, 0.29) is 21.9 Å². The van der Waals surface area contributed by atoms with Gasteiger partial charge in [-0.05, 0) is 57.8 Å². The van der Waals surface area contributed by atoms with Crippen LogP contribution < -0.4 is 0 Å². The van der Waals surface area contributed by atoms with Crippen LogP contribution in [0.5, 0.6) is 0 Å². The molecule has 0 N–H and O–H groups in total. The van der Waals surface area contributed by atoms with Crippen LogP contribution in [-0.4, -0.2) is 61.6 Å². The van der Waals surface area contributed by atoms with Crippen LogP contribution in [0, 0.1) is 0 Å². The van der Waals surface area contributed by atoms with Gasteiger partial charge >= 0.3 is 0 Å². The third-order valence-corrected chi connectivity index (χ3v) is 3.23. The average molecular weight is 315 g/mol. The lowest BCUT2D eigenvalue weighted by atomic mass is 10.2. The highest BCUT2D eigenvalue weighted by Gasteiger charge is 1.96. The Morgan fingerprint density at radius 1 is 0.300 bits per heavy atom. The number of ether oxygens (including phenoxy) is 3. The second kappa shape index (κ2) is 19.3.